The molecule has 214 valence electrons. The number of aryl methyl sites for hydroxylation is 2. The van der Waals surface area contributed by atoms with Crippen molar-refractivity contribution in [3.05, 3.63) is 34.2 Å². The van der Waals surface area contributed by atoms with Crippen molar-refractivity contribution in [1.29, 1.82) is 0 Å². The highest BCUT2D eigenvalue weighted by molar-refractivity contribution is 7.89. The third-order valence-corrected chi connectivity index (χ3v) is 8.86. The molecule has 39 heavy (non-hydrogen) atoms. The van der Waals surface area contributed by atoms with Gasteiger partial charge < -0.3 is 14.5 Å². The van der Waals surface area contributed by atoms with E-state index in [1.54, 1.807) is 29.9 Å². The second-order valence-corrected chi connectivity index (χ2v) is 11.7. The fourth-order valence-electron chi connectivity index (χ4n) is 4.86. The number of sulfonamides is 1. The molecule has 2 aromatic heterocycles. The van der Waals surface area contributed by atoms with E-state index in [0.717, 1.165) is 44.6 Å². The summed E-state index contributed by atoms with van der Waals surface area (Å²) in [5.41, 5.74) is 1.74. The van der Waals surface area contributed by atoms with Crippen molar-refractivity contribution in [2.75, 3.05) is 52.5 Å². The average molecular weight is 561 g/mol. The number of fused-ring (bicyclic) bond motifs is 1. The lowest BCUT2D eigenvalue weighted by Crippen LogP contribution is -2.39. The van der Waals surface area contributed by atoms with Gasteiger partial charge in [0.05, 0.1) is 36.0 Å². The number of nitrogens with zero attached hydrogens (tertiary/aromatic N) is 5. The molecule has 0 saturated carbocycles. The topological polar surface area (TPSA) is 123 Å². The molecule has 1 fully saturated rings. The molecule has 0 spiro atoms. The molecule has 0 radical (unpaired) electrons. The third-order valence-electron chi connectivity index (χ3n) is 6.89. The van der Waals surface area contributed by atoms with E-state index in [0.29, 0.717) is 61.7 Å². The molecular weight excluding hydrogens is 520 g/mol. The lowest BCUT2D eigenvalue weighted by molar-refractivity contribution is 0.0369. The van der Waals surface area contributed by atoms with Gasteiger partial charge in [0.15, 0.2) is 5.52 Å². The highest BCUT2D eigenvalue weighted by atomic mass is 32.2. The van der Waals surface area contributed by atoms with Crippen LogP contribution in [0.5, 0.6) is 5.75 Å². The Kier molecular flexibility index (Phi) is 9.76. The Morgan fingerprint density at radius 3 is 2.62 bits per heavy atom. The minimum atomic E-state index is -3.79. The first-order valence-electron chi connectivity index (χ1n) is 13.8. The molecule has 0 bridgehead atoms. The molecule has 0 amide bonds. The van der Waals surface area contributed by atoms with Gasteiger partial charge in [-0.25, -0.2) is 13.4 Å². The SMILES string of the molecule is CCCOc1ccc(S(=O)(=O)N(CC)CCCN2CCOCC2)cc1-c1nc2c(CCC)nn(C)c2c(=O)[nH]1. The first-order valence-corrected chi connectivity index (χ1v) is 15.3. The number of nitrogens with one attached hydrogen (secondary N) is 1. The molecule has 0 unspecified atom stereocenters. The summed E-state index contributed by atoms with van der Waals surface area (Å²) in [5, 5.41) is 4.49. The molecule has 4 rings (SSSR count). The van der Waals surface area contributed by atoms with Crippen LogP contribution in [-0.2, 0) is 28.2 Å². The third kappa shape index (κ3) is 6.51. The molecule has 1 aliphatic heterocycles. The number of ether oxygens (including phenoxy) is 2. The lowest BCUT2D eigenvalue weighted by Gasteiger charge is -2.28. The fraction of sp³-hybridized carbons (Fsp3) is 0.593. The quantitative estimate of drug-likeness (QED) is 0.339. The number of morpholine rings is 1. The number of H-pyrrole nitrogens is 1. The van der Waals surface area contributed by atoms with Crippen molar-refractivity contribution in [3.8, 4) is 17.1 Å². The van der Waals surface area contributed by atoms with Gasteiger partial charge in [0.1, 0.15) is 17.1 Å². The number of hydrogen-bond acceptors (Lipinski definition) is 8. The number of hydrogen-bond donors (Lipinski definition) is 1. The Bertz CT molecular complexity index is 1430. The molecule has 12 heteroatoms. The van der Waals surface area contributed by atoms with Crippen molar-refractivity contribution < 1.29 is 17.9 Å². The average Bonchev–Trinajstić information content (AvgIpc) is 3.25. The molecule has 0 atom stereocenters. The molecular formula is C27H40N6O5S. The van der Waals surface area contributed by atoms with Crippen LogP contribution in [0.2, 0.25) is 0 Å². The number of rotatable bonds is 13. The highest BCUT2D eigenvalue weighted by Gasteiger charge is 2.26. The molecule has 1 N–H and O–H groups in total. The van der Waals surface area contributed by atoms with Gasteiger partial charge in [0.25, 0.3) is 5.56 Å². The summed E-state index contributed by atoms with van der Waals surface area (Å²) >= 11 is 0. The summed E-state index contributed by atoms with van der Waals surface area (Å²) in [7, 11) is -2.07. The fourth-order valence-corrected chi connectivity index (χ4v) is 6.38. The normalized spacial score (nSPS) is 14.9. The molecule has 1 aromatic carbocycles. The van der Waals surface area contributed by atoms with Gasteiger partial charge in [-0.1, -0.05) is 27.2 Å². The van der Waals surface area contributed by atoms with Crippen LogP contribution in [0.15, 0.2) is 27.9 Å². The van der Waals surface area contributed by atoms with E-state index in [1.165, 1.54) is 4.31 Å². The molecule has 11 nitrogen and oxygen atoms in total. The smallest absolute Gasteiger partial charge is 0.277 e. The Morgan fingerprint density at radius 1 is 1.15 bits per heavy atom. The minimum Gasteiger partial charge on any atom is -0.493 e. The predicted molar refractivity (Wildman–Crippen MR) is 151 cm³/mol. The van der Waals surface area contributed by atoms with Crippen molar-refractivity contribution in [3.63, 3.8) is 0 Å². The van der Waals surface area contributed by atoms with Crippen LogP contribution >= 0.6 is 0 Å². The van der Waals surface area contributed by atoms with Crippen LogP contribution in [0.25, 0.3) is 22.4 Å². The van der Waals surface area contributed by atoms with Crippen LogP contribution in [-0.4, -0.2) is 89.9 Å². The van der Waals surface area contributed by atoms with E-state index in [-0.39, 0.29) is 16.3 Å². The van der Waals surface area contributed by atoms with E-state index in [2.05, 4.69) is 15.0 Å². The maximum Gasteiger partial charge on any atom is 0.277 e. The number of aromatic nitrogens is 4. The van der Waals surface area contributed by atoms with E-state index in [9.17, 15) is 13.2 Å². The van der Waals surface area contributed by atoms with Crippen LogP contribution in [0.3, 0.4) is 0 Å². The molecule has 3 heterocycles. The maximum absolute atomic E-state index is 13.7. The van der Waals surface area contributed by atoms with Crippen LogP contribution in [0.1, 0.15) is 45.7 Å². The number of benzene rings is 1. The van der Waals surface area contributed by atoms with Gasteiger partial charge in [-0.15, -0.1) is 0 Å². The Hall–Kier alpha value is -2.80. The second-order valence-electron chi connectivity index (χ2n) is 9.74. The van der Waals surface area contributed by atoms with E-state index in [4.69, 9.17) is 14.5 Å². The summed E-state index contributed by atoms with van der Waals surface area (Å²) in [6, 6.07) is 4.78. The summed E-state index contributed by atoms with van der Waals surface area (Å²) in [5.74, 6) is 0.728. The van der Waals surface area contributed by atoms with Gasteiger partial charge in [0.2, 0.25) is 10.0 Å². The summed E-state index contributed by atoms with van der Waals surface area (Å²) in [4.78, 5) is 23.1. The Morgan fingerprint density at radius 2 is 1.92 bits per heavy atom. The van der Waals surface area contributed by atoms with Crippen molar-refractivity contribution in [1.82, 2.24) is 29.0 Å². The van der Waals surface area contributed by atoms with Gasteiger partial charge >= 0.3 is 0 Å². The van der Waals surface area contributed by atoms with E-state index >= 15 is 0 Å². The summed E-state index contributed by atoms with van der Waals surface area (Å²) in [6.07, 6.45) is 3.03. The monoisotopic (exact) mass is 560 g/mol. The molecule has 1 aliphatic rings. The highest BCUT2D eigenvalue weighted by Crippen LogP contribution is 2.32. The number of aromatic amines is 1. The second kappa shape index (κ2) is 13.0. The molecule has 3 aromatic rings. The first-order chi connectivity index (χ1) is 18.8. The minimum absolute atomic E-state index is 0.136. The van der Waals surface area contributed by atoms with Gasteiger partial charge in [-0.3, -0.25) is 14.4 Å². The van der Waals surface area contributed by atoms with Crippen molar-refractivity contribution in [2.45, 2.75) is 51.3 Å². The van der Waals surface area contributed by atoms with Crippen molar-refractivity contribution in [2.24, 2.45) is 7.05 Å². The lowest BCUT2D eigenvalue weighted by atomic mass is 10.1. The zero-order chi connectivity index (χ0) is 28.0. The first kappa shape index (κ1) is 29.2. The largest absolute Gasteiger partial charge is 0.493 e. The maximum atomic E-state index is 13.7. The molecule has 0 aliphatic carbocycles. The zero-order valence-electron chi connectivity index (χ0n) is 23.4. The van der Waals surface area contributed by atoms with Crippen molar-refractivity contribution >= 4 is 21.1 Å². The molecule has 1 saturated heterocycles. The Labute approximate surface area is 230 Å². The summed E-state index contributed by atoms with van der Waals surface area (Å²) in [6.45, 7) is 11.1. The van der Waals surface area contributed by atoms with E-state index in [1.807, 2.05) is 20.8 Å². The summed E-state index contributed by atoms with van der Waals surface area (Å²) < 4.78 is 41.8. The van der Waals surface area contributed by atoms with E-state index < -0.39 is 10.0 Å². The zero-order valence-corrected chi connectivity index (χ0v) is 24.2. The van der Waals surface area contributed by atoms with Crippen LogP contribution in [0, 0.1) is 0 Å². The van der Waals surface area contributed by atoms with Crippen LogP contribution in [0.4, 0.5) is 0 Å². The predicted octanol–water partition coefficient (Wildman–Crippen LogP) is 2.80. The van der Waals surface area contributed by atoms with Gasteiger partial charge in [-0.05, 0) is 44.0 Å². The van der Waals surface area contributed by atoms with Crippen LogP contribution < -0.4 is 10.3 Å². The standard InChI is InChI=1S/C27H40N6O5S/c1-5-9-22-24-25(31(4)30-22)27(34)29-26(28-24)21-19-20(10-11-23(21)38-16-6-2)39(35,36)33(7-3)13-8-12-32-14-17-37-18-15-32/h10-11,19H,5-9,12-18H2,1-4H3,(H,28,29,34). The van der Waals surface area contributed by atoms with Gasteiger partial charge in [0, 0.05) is 33.2 Å². The van der Waals surface area contributed by atoms with Gasteiger partial charge in [-0.2, -0.15) is 9.40 Å². The Balaban J connectivity index is 1.69.